The third-order valence-electron chi connectivity index (χ3n) is 5.30. The lowest BCUT2D eigenvalue weighted by molar-refractivity contribution is -0.117. The van der Waals surface area contributed by atoms with Crippen LogP contribution >= 0.6 is 11.8 Å². The Bertz CT molecular complexity index is 1220. The first kappa shape index (κ1) is 23.3. The van der Waals surface area contributed by atoms with E-state index in [1.54, 1.807) is 11.0 Å². The number of anilines is 3. The molecule has 0 saturated carbocycles. The van der Waals surface area contributed by atoms with Crippen LogP contribution < -0.4 is 10.2 Å². The molecule has 2 amide bonds. The van der Waals surface area contributed by atoms with E-state index in [1.807, 2.05) is 117 Å². The van der Waals surface area contributed by atoms with Gasteiger partial charge in [-0.25, -0.2) is 0 Å². The van der Waals surface area contributed by atoms with E-state index in [9.17, 15) is 9.59 Å². The van der Waals surface area contributed by atoms with Crippen molar-refractivity contribution in [2.24, 2.45) is 0 Å². The fraction of sp³-hybridized carbons (Fsp3) is 0.103. The molecule has 0 aliphatic rings. The van der Waals surface area contributed by atoms with E-state index in [0.717, 1.165) is 21.8 Å². The molecule has 1 unspecified atom stereocenters. The number of rotatable bonds is 7. The zero-order valence-corrected chi connectivity index (χ0v) is 20.0. The summed E-state index contributed by atoms with van der Waals surface area (Å²) >= 11 is 1.49. The van der Waals surface area contributed by atoms with Gasteiger partial charge in [-0.3, -0.25) is 14.5 Å². The van der Waals surface area contributed by atoms with E-state index in [-0.39, 0.29) is 17.1 Å². The second kappa shape index (κ2) is 10.9. The molecule has 0 aliphatic heterocycles. The van der Waals surface area contributed by atoms with Crippen LogP contribution in [0.25, 0.3) is 0 Å². The van der Waals surface area contributed by atoms with Gasteiger partial charge in [0.25, 0.3) is 5.91 Å². The first-order valence-corrected chi connectivity index (χ1v) is 12.0. The van der Waals surface area contributed by atoms with Gasteiger partial charge in [-0.1, -0.05) is 54.1 Å². The summed E-state index contributed by atoms with van der Waals surface area (Å²) in [6.07, 6.45) is 0. The van der Waals surface area contributed by atoms with Gasteiger partial charge in [0.15, 0.2) is 0 Å². The maximum atomic E-state index is 13.5. The molecule has 0 saturated heterocycles. The number of nitrogens with zero attached hydrogens (tertiary/aromatic N) is 1. The predicted octanol–water partition coefficient (Wildman–Crippen LogP) is 7.09. The van der Waals surface area contributed by atoms with Crippen LogP contribution in [0.3, 0.4) is 0 Å². The highest BCUT2D eigenvalue weighted by atomic mass is 32.2. The first-order chi connectivity index (χ1) is 16.5. The molecule has 4 aromatic carbocycles. The van der Waals surface area contributed by atoms with Gasteiger partial charge >= 0.3 is 0 Å². The third-order valence-corrected chi connectivity index (χ3v) is 6.40. The monoisotopic (exact) mass is 466 g/mol. The quantitative estimate of drug-likeness (QED) is 0.296. The Kier molecular flexibility index (Phi) is 7.45. The van der Waals surface area contributed by atoms with Gasteiger partial charge in [0, 0.05) is 27.5 Å². The molecule has 4 aromatic rings. The molecular weight excluding hydrogens is 440 g/mol. The largest absolute Gasteiger partial charge is 0.322 e. The van der Waals surface area contributed by atoms with Crippen LogP contribution in [0.5, 0.6) is 0 Å². The number of carbonyl (C=O) groups is 2. The summed E-state index contributed by atoms with van der Waals surface area (Å²) in [6, 6.07) is 34.4. The highest BCUT2D eigenvalue weighted by Crippen LogP contribution is 2.31. The second-order valence-electron chi connectivity index (χ2n) is 7.95. The number of para-hydroxylation sites is 2. The lowest BCUT2D eigenvalue weighted by atomic mass is 10.1. The van der Waals surface area contributed by atoms with Crippen LogP contribution in [0.1, 0.15) is 22.8 Å². The molecule has 1 atom stereocenters. The van der Waals surface area contributed by atoms with Crippen molar-refractivity contribution in [2.75, 3.05) is 10.2 Å². The minimum atomic E-state index is -0.312. The van der Waals surface area contributed by atoms with Crippen molar-refractivity contribution in [2.45, 2.75) is 24.0 Å². The number of thioether (sulfide) groups is 1. The van der Waals surface area contributed by atoms with Gasteiger partial charge in [0.05, 0.1) is 5.25 Å². The molecule has 0 aromatic heterocycles. The van der Waals surface area contributed by atoms with Gasteiger partial charge in [0.2, 0.25) is 5.91 Å². The minimum absolute atomic E-state index is 0.000716. The van der Waals surface area contributed by atoms with Crippen molar-refractivity contribution in [3.63, 3.8) is 0 Å². The number of hydrogen-bond acceptors (Lipinski definition) is 3. The Hall–Kier alpha value is -3.83. The summed E-state index contributed by atoms with van der Waals surface area (Å²) in [7, 11) is 0. The average Bonchev–Trinajstić information content (AvgIpc) is 2.86. The number of nitrogens with one attached hydrogen (secondary N) is 1. The summed E-state index contributed by atoms with van der Waals surface area (Å²) < 4.78 is 0. The van der Waals surface area contributed by atoms with Crippen LogP contribution in [0.4, 0.5) is 17.1 Å². The van der Waals surface area contributed by atoms with E-state index < -0.39 is 0 Å². The number of hydrogen-bond donors (Lipinski definition) is 1. The maximum absolute atomic E-state index is 13.5. The van der Waals surface area contributed by atoms with Crippen molar-refractivity contribution < 1.29 is 9.59 Å². The lowest BCUT2D eigenvalue weighted by Gasteiger charge is -2.26. The standard InChI is InChI=1S/C29H26N2O2S/c1-21-10-9-11-23(20-21)28(32)30-24-16-18-27(19-17-24)34-22(2)29(33)31(25-12-5-3-6-13-25)26-14-7-4-8-15-26/h3-20,22H,1-2H3,(H,30,32). The number of benzene rings is 4. The minimum Gasteiger partial charge on any atom is -0.322 e. The SMILES string of the molecule is Cc1cccc(C(=O)Nc2ccc(SC(C)C(=O)N(c3ccccc3)c3ccccc3)cc2)c1. The number of carbonyl (C=O) groups excluding carboxylic acids is 2. The Balaban J connectivity index is 1.45. The maximum Gasteiger partial charge on any atom is 0.255 e. The van der Waals surface area contributed by atoms with E-state index >= 15 is 0 Å². The zero-order chi connectivity index (χ0) is 23.9. The average molecular weight is 467 g/mol. The Morgan fingerprint density at radius 3 is 1.91 bits per heavy atom. The van der Waals surface area contributed by atoms with Gasteiger partial charge in [-0.2, -0.15) is 0 Å². The summed E-state index contributed by atoms with van der Waals surface area (Å²) in [5.41, 5.74) is 4.04. The molecule has 5 heteroatoms. The van der Waals surface area contributed by atoms with Crippen molar-refractivity contribution in [1.29, 1.82) is 0 Å². The van der Waals surface area contributed by atoms with E-state index in [0.29, 0.717) is 11.3 Å². The zero-order valence-electron chi connectivity index (χ0n) is 19.1. The number of aryl methyl sites for hydroxylation is 1. The fourth-order valence-corrected chi connectivity index (χ4v) is 4.51. The Labute approximate surface area is 204 Å². The molecule has 4 rings (SSSR count). The van der Waals surface area contributed by atoms with Gasteiger partial charge in [-0.15, -0.1) is 11.8 Å². The Morgan fingerprint density at radius 2 is 1.35 bits per heavy atom. The van der Waals surface area contributed by atoms with Crippen LogP contribution in [0, 0.1) is 6.92 Å². The van der Waals surface area contributed by atoms with Gasteiger partial charge in [0.1, 0.15) is 0 Å². The highest BCUT2D eigenvalue weighted by molar-refractivity contribution is 8.00. The van der Waals surface area contributed by atoms with Crippen molar-refractivity contribution >= 4 is 40.6 Å². The van der Waals surface area contributed by atoms with Crippen LogP contribution in [-0.4, -0.2) is 17.1 Å². The molecule has 170 valence electrons. The van der Waals surface area contributed by atoms with Gasteiger partial charge in [-0.05, 0) is 74.5 Å². The van der Waals surface area contributed by atoms with Crippen LogP contribution in [0.15, 0.2) is 114 Å². The molecule has 0 fully saturated rings. The molecular formula is C29H26N2O2S. The summed E-state index contributed by atoms with van der Waals surface area (Å²) in [4.78, 5) is 28.7. The molecule has 34 heavy (non-hydrogen) atoms. The van der Waals surface area contributed by atoms with Crippen molar-refractivity contribution in [1.82, 2.24) is 0 Å². The van der Waals surface area contributed by atoms with E-state index in [4.69, 9.17) is 0 Å². The molecule has 0 bridgehead atoms. The molecule has 0 spiro atoms. The smallest absolute Gasteiger partial charge is 0.255 e. The highest BCUT2D eigenvalue weighted by Gasteiger charge is 2.24. The first-order valence-electron chi connectivity index (χ1n) is 11.1. The normalized spacial score (nSPS) is 11.5. The second-order valence-corrected chi connectivity index (χ2v) is 9.37. The van der Waals surface area contributed by atoms with Crippen molar-refractivity contribution in [3.8, 4) is 0 Å². The molecule has 1 N–H and O–H groups in total. The summed E-state index contributed by atoms with van der Waals surface area (Å²) in [5, 5.41) is 2.61. The van der Waals surface area contributed by atoms with Crippen molar-refractivity contribution in [3.05, 3.63) is 120 Å². The predicted molar refractivity (Wildman–Crippen MR) is 141 cm³/mol. The third kappa shape index (κ3) is 5.74. The fourth-order valence-electron chi connectivity index (χ4n) is 3.60. The van der Waals surface area contributed by atoms with Crippen LogP contribution in [-0.2, 0) is 4.79 Å². The molecule has 0 radical (unpaired) electrons. The molecule has 0 heterocycles. The number of amides is 2. The molecule has 0 aliphatic carbocycles. The van der Waals surface area contributed by atoms with E-state index in [1.165, 1.54) is 11.8 Å². The molecule has 4 nitrogen and oxygen atoms in total. The topological polar surface area (TPSA) is 49.4 Å². The lowest BCUT2D eigenvalue weighted by Crippen LogP contribution is -2.32. The Morgan fingerprint density at radius 1 is 0.765 bits per heavy atom. The van der Waals surface area contributed by atoms with E-state index in [2.05, 4.69) is 5.32 Å². The summed E-state index contributed by atoms with van der Waals surface area (Å²) in [5.74, 6) is -0.145. The summed E-state index contributed by atoms with van der Waals surface area (Å²) in [6.45, 7) is 3.88. The van der Waals surface area contributed by atoms with Gasteiger partial charge < -0.3 is 5.32 Å². The van der Waals surface area contributed by atoms with Crippen LogP contribution in [0.2, 0.25) is 0 Å².